The molecule has 9 nitrogen and oxygen atoms in total. The molecule has 5 rings (SSSR count). The van der Waals surface area contributed by atoms with Crippen LogP contribution in [-0.4, -0.2) is 48.3 Å². The van der Waals surface area contributed by atoms with Gasteiger partial charge in [0.1, 0.15) is 5.52 Å². The maximum atomic E-state index is 13.2. The molecule has 0 spiro atoms. The highest BCUT2D eigenvalue weighted by Crippen LogP contribution is 2.47. The van der Waals surface area contributed by atoms with Crippen molar-refractivity contribution in [3.8, 4) is 12.0 Å². The molecular formula is C22H25N7O2. The van der Waals surface area contributed by atoms with Crippen molar-refractivity contribution in [1.29, 1.82) is 5.26 Å². The van der Waals surface area contributed by atoms with Crippen molar-refractivity contribution in [3.05, 3.63) is 46.1 Å². The van der Waals surface area contributed by atoms with Gasteiger partial charge in [0.05, 0.1) is 28.9 Å². The molecule has 1 saturated heterocycles. The van der Waals surface area contributed by atoms with Crippen molar-refractivity contribution in [3.63, 3.8) is 0 Å². The number of aromatic nitrogens is 5. The Labute approximate surface area is 179 Å². The first kappa shape index (κ1) is 19.5. The predicted octanol–water partition coefficient (Wildman–Crippen LogP) is 2.45. The number of hydrogen-bond acceptors (Lipinski definition) is 5. The molecule has 0 unspecified atom stereocenters. The van der Waals surface area contributed by atoms with Gasteiger partial charge in [-0.2, -0.15) is 10.4 Å². The molecule has 0 radical (unpaired) electrons. The molecule has 4 heterocycles. The van der Waals surface area contributed by atoms with Gasteiger partial charge >= 0.3 is 0 Å². The van der Waals surface area contributed by atoms with Crippen LogP contribution in [0.3, 0.4) is 0 Å². The van der Waals surface area contributed by atoms with E-state index in [4.69, 9.17) is 0 Å². The lowest BCUT2D eigenvalue weighted by atomic mass is 9.70. The van der Waals surface area contributed by atoms with E-state index in [9.17, 15) is 14.9 Å². The standard InChI is InChI=1S/C22H25N7O2/c1-15-17(13-24-29(15)21-25-19(30)18-5-4-10-28(18)26-21)20(31)27-11-6-16(7-12-27)22(14-23)8-2-3-9-22/h4-5,10,13,16H,2-3,6-9,11-12H2,1H3,(H,25,26,30). The van der Waals surface area contributed by atoms with Crippen LogP contribution in [0.1, 0.15) is 54.6 Å². The summed E-state index contributed by atoms with van der Waals surface area (Å²) >= 11 is 0. The van der Waals surface area contributed by atoms with Gasteiger partial charge in [0.15, 0.2) is 0 Å². The zero-order chi connectivity index (χ0) is 21.6. The van der Waals surface area contributed by atoms with Crippen LogP contribution in [0.15, 0.2) is 29.3 Å². The van der Waals surface area contributed by atoms with E-state index in [0.717, 1.165) is 38.5 Å². The fourth-order valence-electron chi connectivity index (χ4n) is 5.28. The van der Waals surface area contributed by atoms with Crippen LogP contribution < -0.4 is 5.56 Å². The van der Waals surface area contributed by atoms with Crippen molar-refractivity contribution in [1.82, 2.24) is 29.3 Å². The van der Waals surface area contributed by atoms with E-state index in [2.05, 4.69) is 21.3 Å². The second-order valence-electron chi connectivity index (χ2n) is 8.71. The lowest BCUT2D eigenvalue weighted by molar-refractivity contribution is 0.0615. The van der Waals surface area contributed by atoms with E-state index < -0.39 is 0 Å². The van der Waals surface area contributed by atoms with Crippen molar-refractivity contribution in [2.24, 2.45) is 11.3 Å². The molecule has 0 bridgehead atoms. The number of nitrogens with zero attached hydrogens (tertiary/aromatic N) is 6. The lowest BCUT2D eigenvalue weighted by Crippen LogP contribution is -2.42. The second-order valence-corrected chi connectivity index (χ2v) is 8.71. The maximum Gasteiger partial charge on any atom is 0.276 e. The monoisotopic (exact) mass is 419 g/mol. The molecule has 1 amide bonds. The highest BCUT2D eigenvalue weighted by Gasteiger charge is 2.43. The van der Waals surface area contributed by atoms with Gasteiger partial charge < -0.3 is 4.90 Å². The average Bonchev–Trinajstić information content (AvgIpc) is 3.53. The summed E-state index contributed by atoms with van der Waals surface area (Å²) in [6.07, 6.45) is 9.22. The van der Waals surface area contributed by atoms with E-state index in [1.807, 2.05) is 4.90 Å². The van der Waals surface area contributed by atoms with Crippen LogP contribution in [0.4, 0.5) is 0 Å². The SMILES string of the molecule is Cc1c(C(=O)N2CCC(C3(C#N)CCCC3)CC2)cnn1-c1nn2cccc2c(=O)[nH]1. The van der Waals surface area contributed by atoms with Gasteiger partial charge in [-0.05, 0) is 50.7 Å². The first-order valence-electron chi connectivity index (χ1n) is 10.9. The van der Waals surface area contributed by atoms with Gasteiger partial charge in [-0.15, -0.1) is 5.10 Å². The van der Waals surface area contributed by atoms with Crippen molar-refractivity contribution in [2.45, 2.75) is 45.4 Å². The number of likely N-dealkylation sites (tertiary alicyclic amines) is 1. The zero-order valence-electron chi connectivity index (χ0n) is 17.5. The fraction of sp³-hybridized carbons (Fsp3) is 0.500. The van der Waals surface area contributed by atoms with E-state index in [1.165, 1.54) is 15.4 Å². The van der Waals surface area contributed by atoms with Crippen LogP contribution in [-0.2, 0) is 0 Å². The Morgan fingerprint density at radius 3 is 2.74 bits per heavy atom. The van der Waals surface area contributed by atoms with Gasteiger partial charge in [-0.3, -0.25) is 14.6 Å². The van der Waals surface area contributed by atoms with Crippen molar-refractivity contribution >= 4 is 11.4 Å². The number of amides is 1. The predicted molar refractivity (Wildman–Crippen MR) is 113 cm³/mol. The van der Waals surface area contributed by atoms with Crippen molar-refractivity contribution < 1.29 is 4.79 Å². The molecule has 3 aromatic rings. The summed E-state index contributed by atoms with van der Waals surface area (Å²) in [5.41, 5.74) is 1.13. The quantitative estimate of drug-likeness (QED) is 0.701. The van der Waals surface area contributed by atoms with Crippen LogP contribution in [0.2, 0.25) is 0 Å². The summed E-state index contributed by atoms with van der Waals surface area (Å²) < 4.78 is 2.99. The summed E-state index contributed by atoms with van der Waals surface area (Å²) in [5.74, 6) is 0.570. The van der Waals surface area contributed by atoms with Crippen LogP contribution in [0.5, 0.6) is 0 Å². The van der Waals surface area contributed by atoms with Gasteiger partial charge in [0.25, 0.3) is 11.5 Å². The van der Waals surface area contributed by atoms with Gasteiger partial charge in [0.2, 0.25) is 5.95 Å². The average molecular weight is 419 g/mol. The Hall–Kier alpha value is -3.41. The molecule has 1 aliphatic carbocycles. The van der Waals surface area contributed by atoms with Gasteiger partial charge in [-0.25, -0.2) is 9.20 Å². The molecule has 2 aliphatic rings. The Morgan fingerprint density at radius 2 is 2.03 bits per heavy atom. The minimum absolute atomic E-state index is 0.0657. The minimum atomic E-state index is -0.266. The third-order valence-corrected chi connectivity index (χ3v) is 7.11. The molecule has 0 aromatic carbocycles. The highest BCUT2D eigenvalue weighted by molar-refractivity contribution is 5.95. The molecule has 2 fully saturated rings. The first-order valence-corrected chi connectivity index (χ1v) is 10.9. The number of piperidine rings is 1. The summed E-state index contributed by atoms with van der Waals surface area (Å²) in [6.45, 7) is 3.11. The number of nitriles is 1. The number of rotatable bonds is 3. The molecule has 160 valence electrons. The zero-order valence-corrected chi connectivity index (χ0v) is 17.5. The van der Waals surface area contributed by atoms with E-state index >= 15 is 0 Å². The normalized spacial score (nSPS) is 19.0. The minimum Gasteiger partial charge on any atom is -0.339 e. The summed E-state index contributed by atoms with van der Waals surface area (Å²) in [5, 5.41) is 18.5. The summed E-state index contributed by atoms with van der Waals surface area (Å²) in [6, 6.07) is 6.05. The lowest BCUT2D eigenvalue weighted by Gasteiger charge is -2.38. The van der Waals surface area contributed by atoms with Gasteiger partial charge in [-0.1, -0.05) is 12.8 Å². The number of hydrogen-bond donors (Lipinski definition) is 1. The Balaban J connectivity index is 1.35. The molecular weight excluding hydrogens is 394 g/mol. The third-order valence-electron chi connectivity index (χ3n) is 7.11. The number of carbonyl (C=O) groups is 1. The van der Waals surface area contributed by atoms with E-state index in [1.54, 1.807) is 25.3 Å². The fourth-order valence-corrected chi connectivity index (χ4v) is 5.28. The number of nitrogens with one attached hydrogen (secondary N) is 1. The molecule has 0 atom stereocenters. The number of H-pyrrole nitrogens is 1. The number of fused-ring (bicyclic) bond motifs is 1. The Kier molecular flexibility index (Phi) is 4.65. The highest BCUT2D eigenvalue weighted by atomic mass is 16.2. The molecule has 1 aliphatic heterocycles. The largest absolute Gasteiger partial charge is 0.339 e. The Bertz CT molecular complexity index is 1230. The summed E-state index contributed by atoms with van der Waals surface area (Å²) in [4.78, 5) is 30.0. The van der Waals surface area contributed by atoms with Crippen LogP contribution in [0.25, 0.3) is 11.5 Å². The number of carbonyl (C=O) groups excluding carboxylic acids is 1. The van der Waals surface area contributed by atoms with Crippen molar-refractivity contribution in [2.75, 3.05) is 13.1 Å². The second kappa shape index (κ2) is 7.38. The molecule has 3 aromatic heterocycles. The van der Waals surface area contributed by atoms with Gasteiger partial charge in [0, 0.05) is 19.3 Å². The Morgan fingerprint density at radius 1 is 1.29 bits per heavy atom. The van der Waals surface area contributed by atoms with Crippen LogP contribution in [0, 0.1) is 29.6 Å². The number of aromatic amines is 1. The van der Waals surface area contributed by atoms with E-state index in [0.29, 0.717) is 35.8 Å². The molecule has 9 heteroatoms. The molecule has 1 N–H and O–H groups in total. The van der Waals surface area contributed by atoms with Crippen LogP contribution >= 0.6 is 0 Å². The third kappa shape index (κ3) is 3.14. The first-order chi connectivity index (χ1) is 15.0. The van der Waals surface area contributed by atoms with E-state index in [-0.39, 0.29) is 22.8 Å². The summed E-state index contributed by atoms with van der Waals surface area (Å²) in [7, 11) is 0. The smallest absolute Gasteiger partial charge is 0.276 e. The molecule has 31 heavy (non-hydrogen) atoms. The maximum absolute atomic E-state index is 13.2. The molecule has 1 saturated carbocycles. The topological polar surface area (TPSA) is 112 Å².